The number of thioether (sulfide) groups is 1. The van der Waals surface area contributed by atoms with Gasteiger partial charge in [0.1, 0.15) is 5.82 Å². The molecular formula is C24H29FN6OS. The maximum Gasteiger partial charge on any atom is 0.233 e. The van der Waals surface area contributed by atoms with Gasteiger partial charge in [-0.15, -0.1) is 10.2 Å². The quantitative estimate of drug-likeness (QED) is 0.495. The Hall–Kier alpha value is -2.91. The van der Waals surface area contributed by atoms with Gasteiger partial charge in [0, 0.05) is 37.6 Å². The van der Waals surface area contributed by atoms with Crippen LogP contribution >= 0.6 is 11.8 Å². The maximum absolute atomic E-state index is 13.5. The molecule has 7 nitrogen and oxygen atoms in total. The molecule has 3 aromatic rings. The fourth-order valence-corrected chi connectivity index (χ4v) is 4.64. The largest absolute Gasteiger partial charge is 0.368 e. The molecule has 1 aliphatic heterocycles. The van der Waals surface area contributed by atoms with Crippen molar-refractivity contribution in [2.24, 2.45) is 0 Å². The summed E-state index contributed by atoms with van der Waals surface area (Å²) >= 11 is 1.37. The molecular weight excluding hydrogens is 439 g/mol. The number of aromatic nitrogens is 3. The Kier molecular flexibility index (Phi) is 7.29. The van der Waals surface area contributed by atoms with Crippen LogP contribution in [-0.4, -0.2) is 76.5 Å². The van der Waals surface area contributed by atoms with Crippen molar-refractivity contribution in [2.75, 3.05) is 50.9 Å². The lowest BCUT2D eigenvalue weighted by Crippen LogP contribution is -2.49. The monoisotopic (exact) mass is 468 g/mol. The number of hydrogen-bond donors (Lipinski definition) is 0. The van der Waals surface area contributed by atoms with Gasteiger partial charge in [-0.25, -0.2) is 4.39 Å². The van der Waals surface area contributed by atoms with Crippen LogP contribution in [0.2, 0.25) is 0 Å². The van der Waals surface area contributed by atoms with Crippen molar-refractivity contribution in [2.45, 2.75) is 18.1 Å². The van der Waals surface area contributed by atoms with Crippen LogP contribution in [0.5, 0.6) is 0 Å². The van der Waals surface area contributed by atoms with Crippen LogP contribution in [0.4, 0.5) is 10.1 Å². The maximum atomic E-state index is 13.5. The van der Waals surface area contributed by atoms with Gasteiger partial charge >= 0.3 is 0 Å². The number of benzene rings is 2. The molecule has 1 saturated heterocycles. The van der Waals surface area contributed by atoms with E-state index in [-0.39, 0.29) is 23.5 Å². The van der Waals surface area contributed by atoms with Crippen LogP contribution in [0, 0.1) is 5.82 Å². The van der Waals surface area contributed by atoms with E-state index in [0.717, 1.165) is 24.6 Å². The molecule has 0 saturated carbocycles. The predicted octanol–water partition coefficient (Wildman–Crippen LogP) is 3.47. The molecule has 2 heterocycles. The van der Waals surface area contributed by atoms with E-state index >= 15 is 0 Å². The Balaban J connectivity index is 1.44. The first-order chi connectivity index (χ1) is 15.9. The minimum Gasteiger partial charge on any atom is -0.368 e. The highest BCUT2D eigenvalue weighted by Crippen LogP contribution is 2.27. The molecule has 1 atom stereocenters. The molecule has 1 aromatic heterocycles. The van der Waals surface area contributed by atoms with Crippen LogP contribution in [-0.2, 0) is 4.79 Å². The third-order valence-corrected chi connectivity index (χ3v) is 6.88. The smallest absolute Gasteiger partial charge is 0.233 e. The topological polar surface area (TPSA) is 57.5 Å². The molecule has 33 heavy (non-hydrogen) atoms. The fourth-order valence-electron chi connectivity index (χ4n) is 3.78. The Bertz CT molecular complexity index is 1060. The van der Waals surface area contributed by atoms with Gasteiger partial charge < -0.3 is 9.80 Å². The van der Waals surface area contributed by atoms with E-state index in [1.807, 2.05) is 53.6 Å². The summed E-state index contributed by atoms with van der Waals surface area (Å²) in [6.07, 6.45) is 0. The highest BCUT2D eigenvalue weighted by atomic mass is 32.2. The minimum absolute atomic E-state index is 0.00123. The zero-order valence-corrected chi connectivity index (χ0v) is 20.0. The van der Waals surface area contributed by atoms with E-state index in [0.29, 0.717) is 18.2 Å². The number of hydrogen-bond acceptors (Lipinski definition) is 6. The SMILES string of the molecule is C[C@H](c1nnc(SCC(=O)N2CCN(c3ccccc3)CC2)n1-c1ccc(F)cc1)N(C)C. The van der Waals surface area contributed by atoms with Crippen LogP contribution in [0.3, 0.4) is 0 Å². The molecule has 9 heteroatoms. The number of carbonyl (C=O) groups excluding carboxylic acids is 1. The van der Waals surface area contributed by atoms with Crippen LogP contribution in [0.1, 0.15) is 18.8 Å². The Morgan fingerprint density at radius 2 is 1.67 bits per heavy atom. The summed E-state index contributed by atoms with van der Waals surface area (Å²) in [6, 6.07) is 16.5. The van der Waals surface area contributed by atoms with Gasteiger partial charge in [-0.1, -0.05) is 30.0 Å². The van der Waals surface area contributed by atoms with Crippen molar-refractivity contribution < 1.29 is 9.18 Å². The summed E-state index contributed by atoms with van der Waals surface area (Å²) in [5.74, 6) is 0.816. The van der Waals surface area contributed by atoms with E-state index < -0.39 is 0 Å². The molecule has 0 bridgehead atoms. The van der Waals surface area contributed by atoms with E-state index in [4.69, 9.17) is 0 Å². The molecule has 174 valence electrons. The van der Waals surface area contributed by atoms with Gasteiger partial charge in [0.25, 0.3) is 0 Å². The van der Waals surface area contributed by atoms with Crippen molar-refractivity contribution in [3.05, 3.63) is 66.2 Å². The van der Waals surface area contributed by atoms with Crippen LogP contribution in [0.25, 0.3) is 5.69 Å². The first-order valence-corrected chi connectivity index (χ1v) is 12.0. The van der Waals surface area contributed by atoms with Crippen molar-refractivity contribution in [3.63, 3.8) is 0 Å². The standard InChI is InChI=1S/C24H29FN6OS/c1-18(28(2)3)23-26-27-24(31(23)21-11-9-19(25)10-12-21)33-17-22(32)30-15-13-29(14-16-30)20-7-5-4-6-8-20/h4-12,18H,13-17H2,1-3H3/t18-/m1/s1. The molecule has 2 aromatic carbocycles. The highest BCUT2D eigenvalue weighted by molar-refractivity contribution is 7.99. The summed E-state index contributed by atoms with van der Waals surface area (Å²) in [5, 5.41) is 9.39. The van der Waals surface area contributed by atoms with E-state index in [2.05, 4.69) is 27.2 Å². The third-order valence-electron chi connectivity index (χ3n) is 5.97. The number of piperazine rings is 1. The average Bonchev–Trinajstić information content (AvgIpc) is 3.27. The van der Waals surface area contributed by atoms with Crippen LogP contribution in [0.15, 0.2) is 59.8 Å². The number of para-hydroxylation sites is 1. The summed E-state index contributed by atoms with van der Waals surface area (Å²) in [4.78, 5) is 19.2. The first kappa shape index (κ1) is 23.3. The molecule has 0 aliphatic carbocycles. The average molecular weight is 469 g/mol. The molecule has 1 aliphatic rings. The number of nitrogens with zero attached hydrogens (tertiary/aromatic N) is 6. The molecule has 0 spiro atoms. The van der Waals surface area contributed by atoms with Gasteiger partial charge in [-0.3, -0.25) is 14.3 Å². The normalized spacial score (nSPS) is 15.2. The summed E-state index contributed by atoms with van der Waals surface area (Å²) in [7, 11) is 3.94. The van der Waals surface area contributed by atoms with Crippen molar-refractivity contribution >= 4 is 23.4 Å². The molecule has 1 fully saturated rings. The summed E-state index contributed by atoms with van der Waals surface area (Å²) < 4.78 is 15.4. The van der Waals surface area contributed by atoms with Crippen molar-refractivity contribution in [3.8, 4) is 5.69 Å². The van der Waals surface area contributed by atoms with Crippen molar-refractivity contribution in [1.82, 2.24) is 24.6 Å². The Labute approximate surface area is 198 Å². The second kappa shape index (κ2) is 10.4. The lowest BCUT2D eigenvalue weighted by molar-refractivity contribution is -0.128. The zero-order chi connectivity index (χ0) is 23.4. The van der Waals surface area contributed by atoms with E-state index in [1.165, 1.54) is 29.6 Å². The zero-order valence-electron chi connectivity index (χ0n) is 19.2. The fraction of sp³-hybridized carbons (Fsp3) is 0.375. The summed E-state index contributed by atoms with van der Waals surface area (Å²) in [6.45, 7) is 5.06. The third kappa shape index (κ3) is 5.36. The first-order valence-electron chi connectivity index (χ1n) is 11.0. The van der Waals surface area contributed by atoms with E-state index in [1.54, 1.807) is 12.1 Å². The van der Waals surface area contributed by atoms with Gasteiger partial charge in [0.15, 0.2) is 11.0 Å². The van der Waals surface area contributed by atoms with Gasteiger partial charge in [0.2, 0.25) is 5.91 Å². The Morgan fingerprint density at radius 1 is 1.00 bits per heavy atom. The van der Waals surface area contributed by atoms with Crippen molar-refractivity contribution in [1.29, 1.82) is 0 Å². The molecule has 4 rings (SSSR count). The molecule has 1 amide bonds. The van der Waals surface area contributed by atoms with E-state index in [9.17, 15) is 9.18 Å². The van der Waals surface area contributed by atoms with Gasteiger partial charge in [-0.2, -0.15) is 0 Å². The number of amides is 1. The Morgan fingerprint density at radius 3 is 2.30 bits per heavy atom. The minimum atomic E-state index is -0.298. The lowest BCUT2D eigenvalue weighted by Gasteiger charge is -2.36. The summed E-state index contributed by atoms with van der Waals surface area (Å²) in [5.41, 5.74) is 1.96. The number of halogens is 1. The van der Waals surface area contributed by atoms with Gasteiger partial charge in [0.05, 0.1) is 11.8 Å². The number of carbonyl (C=O) groups is 1. The predicted molar refractivity (Wildman–Crippen MR) is 129 cm³/mol. The van der Waals surface area contributed by atoms with Crippen LogP contribution < -0.4 is 4.90 Å². The molecule has 0 radical (unpaired) electrons. The number of anilines is 1. The highest BCUT2D eigenvalue weighted by Gasteiger charge is 2.24. The van der Waals surface area contributed by atoms with Gasteiger partial charge in [-0.05, 0) is 57.4 Å². The number of rotatable bonds is 7. The lowest BCUT2D eigenvalue weighted by atomic mass is 10.2. The second-order valence-corrected chi connectivity index (χ2v) is 9.23. The second-order valence-electron chi connectivity index (χ2n) is 8.28. The molecule has 0 unspecified atom stereocenters. The molecule has 0 N–H and O–H groups in total.